The van der Waals surface area contributed by atoms with Gasteiger partial charge in [0, 0.05) is 0 Å². The summed E-state index contributed by atoms with van der Waals surface area (Å²) in [4.78, 5) is 0. The minimum Gasteiger partial charge on any atom is -0.393 e. The van der Waals surface area contributed by atoms with Gasteiger partial charge in [-0.05, 0) is 31.1 Å². The molecule has 0 fully saturated rings. The van der Waals surface area contributed by atoms with Crippen molar-refractivity contribution in [3.63, 3.8) is 0 Å². The van der Waals surface area contributed by atoms with Crippen molar-refractivity contribution in [2.75, 3.05) is 0 Å². The molecule has 1 N–H and O–H groups in total. The van der Waals surface area contributed by atoms with E-state index >= 15 is 0 Å². The molecule has 1 unspecified atom stereocenters. The smallest absolute Gasteiger partial charge is 0.0588 e. The monoisotopic (exact) mass is 212 g/mol. The molecule has 0 aliphatic heterocycles. The Hall–Kier alpha value is -0.300. The van der Waals surface area contributed by atoms with Crippen LogP contribution in [0, 0.1) is 5.41 Å². The number of aliphatic hydroxyl groups excluding tert-OH is 1. The Morgan fingerprint density at radius 3 is 2.27 bits per heavy atom. The molecule has 0 aromatic heterocycles. The van der Waals surface area contributed by atoms with Gasteiger partial charge in [0.1, 0.15) is 0 Å². The zero-order chi connectivity index (χ0) is 11.9. The van der Waals surface area contributed by atoms with Crippen LogP contribution in [0.1, 0.15) is 66.2 Å². The van der Waals surface area contributed by atoms with Gasteiger partial charge in [-0.2, -0.15) is 0 Å². The molecule has 1 heteroatoms. The Kier molecular flexibility index (Phi) is 6.91. The fourth-order valence-electron chi connectivity index (χ4n) is 1.62. The lowest BCUT2D eigenvalue weighted by Crippen LogP contribution is -2.25. The quantitative estimate of drug-likeness (QED) is 0.492. The van der Waals surface area contributed by atoms with Crippen LogP contribution in [0.3, 0.4) is 0 Å². The Morgan fingerprint density at radius 1 is 1.20 bits per heavy atom. The molecule has 0 saturated carbocycles. The first kappa shape index (κ1) is 14.7. The molecule has 0 rings (SSSR count). The van der Waals surface area contributed by atoms with E-state index in [9.17, 15) is 5.11 Å². The van der Waals surface area contributed by atoms with E-state index in [1.54, 1.807) is 0 Å². The van der Waals surface area contributed by atoms with Gasteiger partial charge >= 0.3 is 0 Å². The maximum atomic E-state index is 9.83. The third-order valence-electron chi connectivity index (χ3n) is 2.86. The van der Waals surface area contributed by atoms with E-state index in [-0.39, 0.29) is 11.5 Å². The maximum absolute atomic E-state index is 9.83. The van der Waals surface area contributed by atoms with E-state index in [2.05, 4.69) is 34.3 Å². The molecule has 0 amide bonds. The number of allylic oxidation sites excluding steroid dienone is 1. The van der Waals surface area contributed by atoms with Gasteiger partial charge in [-0.25, -0.2) is 0 Å². The Bertz CT molecular complexity index is 176. The minimum atomic E-state index is -0.169. The second kappa shape index (κ2) is 7.05. The predicted octanol–water partition coefficient (Wildman–Crippen LogP) is 4.31. The van der Waals surface area contributed by atoms with Crippen molar-refractivity contribution in [3.8, 4) is 0 Å². The Labute approximate surface area is 95.6 Å². The number of hydrogen-bond donors (Lipinski definition) is 1. The Balaban J connectivity index is 3.51. The van der Waals surface area contributed by atoms with Crippen LogP contribution in [0.2, 0.25) is 0 Å². The molecule has 0 aromatic carbocycles. The molecule has 0 aliphatic carbocycles. The standard InChI is InChI=1S/C14H28O/c1-6-9-12(2)10-7-8-11-13(15)14(3,4)5/h13,15H,2,6-11H2,1,3-5H3. The molecule has 1 atom stereocenters. The molecular weight excluding hydrogens is 184 g/mol. The molecule has 0 aromatic rings. The molecule has 1 nitrogen and oxygen atoms in total. The fourth-order valence-corrected chi connectivity index (χ4v) is 1.62. The summed E-state index contributed by atoms with van der Waals surface area (Å²) in [6.45, 7) is 12.5. The first-order valence-corrected chi connectivity index (χ1v) is 6.22. The zero-order valence-electron chi connectivity index (χ0n) is 11.0. The van der Waals surface area contributed by atoms with Crippen molar-refractivity contribution < 1.29 is 5.11 Å². The van der Waals surface area contributed by atoms with Crippen molar-refractivity contribution in [1.82, 2.24) is 0 Å². The van der Waals surface area contributed by atoms with Crippen molar-refractivity contribution in [3.05, 3.63) is 12.2 Å². The summed E-state index contributed by atoms with van der Waals surface area (Å²) >= 11 is 0. The van der Waals surface area contributed by atoms with Crippen molar-refractivity contribution in [2.24, 2.45) is 5.41 Å². The van der Waals surface area contributed by atoms with Crippen LogP contribution in [-0.4, -0.2) is 11.2 Å². The van der Waals surface area contributed by atoms with E-state index < -0.39 is 0 Å². The number of rotatable bonds is 7. The highest BCUT2D eigenvalue weighted by atomic mass is 16.3. The largest absolute Gasteiger partial charge is 0.393 e. The topological polar surface area (TPSA) is 20.2 Å². The second-order valence-electron chi connectivity index (χ2n) is 5.63. The van der Waals surface area contributed by atoms with Crippen LogP contribution in [-0.2, 0) is 0 Å². The van der Waals surface area contributed by atoms with Gasteiger partial charge in [-0.15, -0.1) is 0 Å². The van der Waals surface area contributed by atoms with Gasteiger partial charge in [0.05, 0.1) is 6.10 Å². The summed E-state index contributed by atoms with van der Waals surface area (Å²) in [6.07, 6.45) is 6.52. The number of unbranched alkanes of at least 4 members (excludes halogenated alkanes) is 1. The number of aliphatic hydroxyl groups is 1. The SMILES string of the molecule is C=C(CCC)CCCCC(O)C(C)(C)C. The molecule has 0 heterocycles. The molecule has 0 bridgehead atoms. The molecule has 0 radical (unpaired) electrons. The highest BCUT2D eigenvalue weighted by molar-refractivity contribution is 4.93. The predicted molar refractivity (Wildman–Crippen MR) is 68.0 cm³/mol. The lowest BCUT2D eigenvalue weighted by atomic mass is 9.86. The lowest BCUT2D eigenvalue weighted by molar-refractivity contribution is 0.0535. The van der Waals surface area contributed by atoms with E-state index in [4.69, 9.17) is 0 Å². The van der Waals surface area contributed by atoms with Gasteiger partial charge in [-0.3, -0.25) is 0 Å². The molecule has 15 heavy (non-hydrogen) atoms. The molecule has 90 valence electrons. The van der Waals surface area contributed by atoms with E-state index in [1.165, 1.54) is 18.4 Å². The van der Waals surface area contributed by atoms with Gasteiger partial charge in [0.2, 0.25) is 0 Å². The lowest BCUT2D eigenvalue weighted by Gasteiger charge is -2.25. The molecule has 0 aliphatic rings. The zero-order valence-corrected chi connectivity index (χ0v) is 11.0. The average Bonchev–Trinajstić information content (AvgIpc) is 2.11. The summed E-state index contributed by atoms with van der Waals surface area (Å²) in [5.41, 5.74) is 1.39. The van der Waals surface area contributed by atoms with Gasteiger partial charge in [0.15, 0.2) is 0 Å². The fraction of sp³-hybridized carbons (Fsp3) is 0.857. The van der Waals surface area contributed by atoms with Gasteiger partial charge in [0.25, 0.3) is 0 Å². The van der Waals surface area contributed by atoms with Gasteiger partial charge in [-0.1, -0.05) is 52.7 Å². The van der Waals surface area contributed by atoms with Crippen molar-refractivity contribution in [2.45, 2.75) is 72.3 Å². The first-order valence-electron chi connectivity index (χ1n) is 6.22. The van der Waals surface area contributed by atoms with E-state index in [0.29, 0.717) is 0 Å². The second-order valence-corrected chi connectivity index (χ2v) is 5.63. The minimum absolute atomic E-state index is 0.0282. The molecule has 0 spiro atoms. The summed E-state index contributed by atoms with van der Waals surface area (Å²) in [7, 11) is 0. The van der Waals surface area contributed by atoms with Crippen molar-refractivity contribution in [1.29, 1.82) is 0 Å². The Morgan fingerprint density at radius 2 is 1.80 bits per heavy atom. The molecule has 0 saturated heterocycles. The van der Waals surface area contributed by atoms with Crippen LogP contribution < -0.4 is 0 Å². The summed E-state index contributed by atoms with van der Waals surface area (Å²) in [6, 6.07) is 0. The third kappa shape index (κ3) is 7.61. The van der Waals surface area contributed by atoms with Crippen LogP contribution in [0.4, 0.5) is 0 Å². The summed E-state index contributed by atoms with van der Waals surface area (Å²) in [5.74, 6) is 0. The third-order valence-corrected chi connectivity index (χ3v) is 2.86. The maximum Gasteiger partial charge on any atom is 0.0588 e. The molecular formula is C14H28O. The van der Waals surface area contributed by atoms with Crippen LogP contribution in [0.5, 0.6) is 0 Å². The van der Waals surface area contributed by atoms with Gasteiger partial charge < -0.3 is 5.11 Å². The van der Waals surface area contributed by atoms with E-state index in [1.807, 2.05) is 0 Å². The average molecular weight is 212 g/mol. The van der Waals surface area contributed by atoms with Crippen molar-refractivity contribution >= 4 is 0 Å². The van der Waals surface area contributed by atoms with E-state index in [0.717, 1.165) is 25.7 Å². The normalized spacial score (nSPS) is 13.9. The summed E-state index contributed by atoms with van der Waals surface area (Å²) in [5, 5.41) is 9.83. The van der Waals surface area contributed by atoms with Crippen LogP contribution in [0.15, 0.2) is 12.2 Å². The van der Waals surface area contributed by atoms with Crippen LogP contribution in [0.25, 0.3) is 0 Å². The first-order chi connectivity index (χ1) is 6.88. The number of hydrogen-bond acceptors (Lipinski definition) is 1. The highest BCUT2D eigenvalue weighted by Gasteiger charge is 2.20. The van der Waals surface area contributed by atoms with Crippen LogP contribution >= 0.6 is 0 Å². The highest BCUT2D eigenvalue weighted by Crippen LogP contribution is 2.24. The summed E-state index contributed by atoms with van der Waals surface area (Å²) < 4.78 is 0.